The van der Waals surface area contributed by atoms with Gasteiger partial charge in [-0.05, 0) is 53.4 Å². The monoisotopic (exact) mass is 560 g/mol. The molecule has 2 aromatic carbocycles. The molecule has 41 heavy (non-hydrogen) atoms. The van der Waals surface area contributed by atoms with Gasteiger partial charge in [0, 0.05) is 30.2 Å². The van der Waals surface area contributed by atoms with Crippen molar-refractivity contribution < 1.29 is 33.2 Å². The summed E-state index contributed by atoms with van der Waals surface area (Å²) in [6.07, 6.45) is 1.73. The van der Waals surface area contributed by atoms with Gasteiger partial charge in [-0.1, -0.05) is 6.07 Å². The summed E-state index contributed by atoms with van der Waals surface area (Å²) in [6, 6.07) is 14.9. The molecule has 0 saturated carbocycles. The van der Waals surface area contributed by atoms with Gasteiger partial charge in [-0.15, -0.1) is 0 Å². The zero-order valence-electron chi connectivity index (χ0n) is 23.4. The fraction of sp³-hybridized carbons (Fsp3) is 0.300. The second-order valence-corrected chi connectivity index (χ2v) is 9.12. The Hall–Kier alpha value is -4.61. The number of nitrogens with one attached hydrogen (secondary N) is 1. The number of carbonyl (C=O) groups excluding carboxylic acids is 1. The van der Waals surface area contributed by atoms with E-state index in [0.29, 0.717) is 72.9 Å². The van der Waals surface area contributed by atoms with Crippen LogP contribution in [0.25, 0.3) is 21.9 Å². The fourth-order valence-electron chi connectivity index (χ4n) is 4.70. The van der Waals surface area contributed by atoms with Gasteiger partial charge in [-0.25, -0.2) is 14.8 Å². The number of ether oxygens (including phenoxy) is 6. The minimum Gasteiger partial charge on any atom is -0.493 e. The summed E-state index contributed by atoms with van der Waals surface area (Å²) < 4.78 is 33.5. The van der Waals surface area contributed by atoms with E-state index in [1.807, 2.05) is 41.4 Å². The summed E-state index contributed by atoms with van der Waals surface area (Å²) in [5, 5.41) is 3.49. The quantitative estimate of drug-likeness (QED) is 0.279. The van der Waals surface area contributed by atoms with Crippen molar-refractivity contribution in [1.29, 1.82) is 0 Å². The summed E-state index contributed by atoms with van der Waals surface area (Å²) in [5.74, 6) is 1.84. The second kappa shape index (κ2) is 12.7. The molecule has 214 valence electrons. The molecule has 1 saturated heterocycles. The largest absolute Gasteiger partial charge is 0.493 e. The van der Waals surface area contributed by atoms with Crippen LogP contribution in [-0.2, 0) is 16.1 Å². The molecule has 5 rings (SSSR count). The maximum absolute atomic E-state index is 13.2. The zero-order valence-corrected chi connectivity index (χ0v) is 23.4. The number of hydrogen-bond acceptors (Lipinski definition) is 11. The minimum atomic E-state index is -0.587. The number of methoxy groups -OCH3 is 4. The molecule has 3 heterocycles. The highest BCUT2D eigenvalue weighted by molar-refractivity contribution is 6.10. The van der Waals surface area contributed by atoms with Crippen LogP contribution in [0.5, 0.6) is 23.0 Å². The number of anilines is 1. The Labute approximate surface area is 237 Å². The molecular formula is C30H32N4O7. The first-order valence-electron chi connectivity index (χ1n) is 13.0. The highest BCUT2D eigenvalue weighted by atomic mass is 16.5. The molecule has 0 atom stereocenters. The predicted molar refractivity (Wildman–Crippen MR) is 153 cm³/mol. The molecule has 4 aromatic rings. The lowest BCUT2D eigenvalue weighted by atomic mass is 9.95. The van der Waals surface area contributed by atoms with Crippen molar-refractivity contribution in [1.82, 2.24) is 15.0 Å². The number of carbonyl (C=O) groups is 1. The first-order valence-corrected chi connectivity index (χ1v) is 13.0. The lowest BCUT2D eigenvalue weighted by Crippen LogP contribution is -2.40. The number of hydrogen-bond donors (Lipinski definition) is 1. The summed E-state index contributed by atoms with van der Waals surface area (Å²) in [7, 11) is 5.95. The molecule has 2 aromatic heterocycles. The van der Waals surface area contributed by atoms with E-state index < -0.39 is 5.97 Å². The molecule has 0 unspecified atom stereocenters. The molecule has 0 amide bonds. The van der Waals surface area contributed by atoms with E-state index in [1.165, 1.54) is 14.2 Å². The molecule has 0 radical (unpaired) electrons. The van der Waals surface area contributed by atoms with Crippen LogP contribution >= 0.6 is 0 Å². The Balaban J connectivity index is 1.70. The normalized spacial score (nSPS) is 13.5. The number of hydrazine groups is 1. The van der Waals surface area contributed by atoms with Crippen molar-refractivity contribution in [3.63, 3.8) is 0 Å². The Morgan fingerprint density at radius 1 is 0.951 bits per heavy atom. The van der Waals surface area contributed by atoms with E-state index in [4.69, 9.17) is 33.4 Å². The van der Waals surface area contributed by atoms with Crippen molar-refractivity contribution in [3.8, 4) is 34.1 Å². The maximum atomic E-state index is 13.2. The molecule has 11 heteroatoms. The zero-order chi connectivity index (χ0) is 28.8. The molecule has 0 bridgehead atoms. The van der Waals surface area contributed by atoms with E-state index in [2.05, 4.69) is 10.4 Å². The van der Waals surface area contributed by atoms with Gasteiger partial charge in [-0.2, -0.15) is 0 Å². The first-order chi connectivity index (χ1) is 20.1. The average Bonchev–Trinajstić information content (AvgIpc) is 3.03. The number of esters is 1. The van der Waals surface area contributed by atoms with Crippen LogP contribution in [0.2, 0.25) is 0 Å². The molecule has 1 fully saturated rings. The van der Waals surface area contributed by atoms with Gasteiger partial charge < -0.3 is 33.8 Å². The van der Waals surface area contributed by atoms with Gasteiger partial charge >= 0.3 is 5.97 Å². The second-order valence-electron chi connectivity index (χ2n) is 9.12. The lowest BCUT2D eigenvalue weighted by Gasteiger charge is -2.28. The number of fused-ring (bicyclic) bond motifs is 1. The van der Waals surface area contributed by atoms with E-state index in [1.54, 1.807) is 32.5 Å². The molecule has 0 aliphatic carbocycles. The third kappa shape index (κ3) is 5.96. The van der Waals surface area contributed by atoms with Crippen LogP contribution in [0, 0.1) is 0 Å². The van der Waals surface area contributed by atoms with Gasteiger partial charge in [-0.3, -0.25) is 4.98 Å². The van der Waals surface area contributed by atoms with Gasteiger partial charge in [0.05, 0.1) is 47.3 Å². The lowest BCUT2D eigenvalue weighted by molar-refractivity contribution is 0.0494. The Morgan fingerprint density at radius 2 is 1.71 bits per heavy atom. The van der Waals surface area contributed by atoms with Crippen molar-refractivity contribution >= 4 is 22.6 Å². The minimum absolute atomic E-state index is 0.132. The Morgan fingerprint density at radius 3 is 2.34 bits per heavy atom. The summed E-state index contributed by atoms with van der Waals surface area (Å²) in [6.45, 7) is 2.77. The van der Waals surface area contributed by atoms with Crippen molar-refractivity contribution in [2.45, 2.75) is 6.61 Å². The van der Waals surface area contributed by atoms with Crippen LogP contribution in [0.4, 0.5) is 5.82 Å². The van der Waals surface area contributed by atoms with Crippen LogP contribution < -0.4 is 24.4 Å². The average molecular weight is 561 g/mol. The van der Waals surface area contributed by atoms with E-state index >= 15 is 0 Å². The standard InChI is InChI=1S/C30H32N4O7/c1-36-24-15-19(16-25(37-2)28(24)38-3)26-22-9-8-21(41-18-20-7-5-6-10-31-20)17-23(22)29(32-27(26)30(35)39-4)33-34-11-13-40-14-12-34/h5-10,15-17H,11-14,18H2,1-4H3,(H,32,33). The SMILES string of the molecule is COC(=O)c1nc(NN2CCOCC2)c2cc(OCc3ccccn3)ccc2c1-c1cc(OC)c(OC)c(OC)c1. The van der Waals surface area contributed by atoms with Gasteiger partial charge in [0.1, 0.15) is 18.2 Å². The van der Waals surface area contributed by atoms with Gasteiger partial charge in [0.25, 0.3) is 0 Å². The number of rotatable bonds is 10. The predicted octanol–water partition coefficient (Wildman–Crippen LogP) is 4.35. The molecule has 1 aliphatic rings. The highest BCUT2D eigenvalue weighted by Crippen LogP contribution is 2.44. The molecule has 1 aliphatic heterocycles. The van der Waals surface area contributed by atoms with E-state index in [0.717, 1.165) is 16.5 Å². The number of aromatic nitrogens is 2. The fourth-order valence-corrected chi connectivity index (χ4v) is 4.70. The number of pyridine rings is 2. The maximum Gasteiger partial charge on any atom is 0.357 e. The third-order valence-corrected chi connectivity index (χ3v) is 6.70. The summed E-state index contributed by atoms with van der Waals surface area (Å²) in [5.41, 5.74) is 5.50. The number of benzene rings is 2. The van der Waals surface area contributed by atoms with E-state index in [-0.39, 0.29) is 5.69 Å². The van der Waals surface area contributed by atoms with Crippen molar-refractivity contribution in [3.05, 3.63) is 66.1 Å². The van der Waals surface area contributed by atoms with E-state index in [9.17, 15) is 4.79 Å². The first kappa shape index (κ1) is 27.9. The topological polar surface area (TPSA) is 114 Å². The van der Waals surface area contributed by atoms with Gasteiger partial charge in [0.15, 0.2) is 17.2 Å². The third-order valence-electron chi connectivity index (χ3n) is 6.70. The van der Waals surface area contributed by atoms with Gasteiger partial charge in [0.2, 0.25) is 5.75 Å². The number of nitrogens with zero attached hydrogens (tertiary/aromatic N) is 3. The highest BCUT2D eigenvalue weighted by Gasteiger charge is 2.25. The van der Waals surface area contributed by atoms with Crippen LogP contribution in [-0.4, -0.2) is 75.7 Å². The van der Waals surface area contributed by atoms with Crippen LogP contribution in [0.1, 0.15) is 16.2 Å². The van der Waals surface area contributed by atoms with Crippen molar-refractivity contribution in [2.75, 3.05) is 60.2 Å². The Kier molecular flexibility index (Phi) is 8.66. The summed E-state index contributed by atoms with van der Waals surface area (Å²) in [4.78, 5) is 22.3. The summed E-state index contributed by atoms with van der Waals surface area (Å²) >= 11 is 0. The molecule has 1 N–H and O–H groups in total. The molecule has 11 nitrogen and oxygen atoms in total. The smallest absolute Gasteiger partial charge is 0.357 e. The van der Waals surface area contributed by atoms with Crippen LogP contribution in [0.3, 0.4) is 0 Å². The van der Waals surface area contributed by atoms with Crippen molar-refractivity contribution in [2.24, 2.45) is 0 Å². The Bertz CT molecular complexity index is 1500. The molecular weight excluding hydrogens is 528 g/mol. The molecule has 0 spiro atoms. The van der Waals surface area contributed by atoms with Crippen LogP contribution in [0.15, 0.2) is 54.7 Å². The number of morpholine rings is 1.